The summed E-state index contributed by atoms with van der Waals surface area (Å²) in [5, 5.41) is 9.28. The number of hydrogen-bond acceptors (Lipinski definition) is 3. The average Bonchev–Trinajstić information content (AvgIpc) is 2.40. The van der Waals surface area contributed by atoms with E-state index in [0.29, 0.717) is 35.7 Å². The molecule has 1 saturated heterocycles. The first-order valence-corrected chi connectivity index (χ1v) is 8.43. The van der Waals surface area contributed by atoms with Crippen LogP contribution in [0.1, 0.15) is 24.8 Å². The van der Waals surface area contributed by atoms with Crippen molar-refractivity contribution in [3.63, 3.8) is 0 Å². The molecule has 0 atom stereocenters. The number of hydrogen-bond donors (Lipinski definition) is 1. The second kappa shape index (κ2) is 6.49. The van der Waals surface area contributed by atoms with E-state index in [9.17, 15) is 8.42 Å². The molecule has 0 aromatic heterocycles. The minimum Gasteiger partial charge on any atom is -0.395 e. The number of benzene rings is 1. The van der Waals surface area contributed by atoms with E-state index >= 15 is 0 Å². The summed E-state index contributed by atoms with van der Waals surface area (Å²) in [4.78, 5) is 0. The highest BCUT2D eigenvalue weighted by Crippen LogP contribution is 2.28. The molecule has 108 valence electrons. The molecular weight excluding hydrogens is 298 g/mol. The predicted octanol–water partition coefficient (Wildman–Crippen LogP) is 2.00. The predicted molar refractivity (Wildman–Crippen MR) is 80.4 cm³/mol. The van der Waals surface area contributed by atoms with Crippen LogP contribution in [0, 0.1) is 11.8 Å². The van der Waals surface area contributed by atoms with Gasteiger partial charge < -0.3 is 5.11 Å². The Kier molecular flexibility index (Phi) is 4.92. The molecule has 6 heteroatoms. The van der Waals surface area contributed by atoms with Crippen molar-refractivity contribution in [2.75, 3.05) is 23.2 Å². The molecule has 0 bridgehead atoms. The maximum Gasteiger partial charge on any atom is 0.235 e. The Balaban J connectivity index is 2.43. The molecule has 1 aromatic rings. The first kappa shape index (κ1) is 15.2. The highest BCUT2D eigenvalue weighted by Gasteiger charge is 2.27. The third kappa shape index (κ3) is 3.45. The monoisotopic (exact) mass is 313 g/mol. The Bertz CT molecular complexity index is 646. The van der Waals surface area contributed by atoms with Crippen molar-refractivity contribution in [3.8, 4) is 11.8 Å². The molecule has 1 aliphatic heterocycles. The molecule has 2 rings (SSSR count). The van der Waals surface area contributed by atoms with E-state index in [2.05, 4.69) is 11.8 Å². The number of aliphatic hydroxyl groups excluding tert-OH is 1. The van der Waals surface area contributed by atoms with Crippen molar-refractivity contribution >= 4 is 27.3 Å². The van der Waals surface area contributed by atoms with Gasteiger partial charge in [-0.1, -0.05) is 23.4 Å². The summed E-state index contributed by atoms with van der Waals surface area (Å²) in [6.07, 6.45) is 1.88. The lowest BCUT2D eigenvalue weighted by molar-refractivity contribution is 0.305. The number of aliphatic hydroxyl groups is 1. The quantitative estimate of drug-likeness (QED) is 0.850. The fourth-order valence-electron chi connectivity index (χ4n) is 2.10. The summed E-state index contributed by atoms with van der Waals surface area (Å²) in [6.45, 7) is 0.448. The van der Waals surface area contributed by atoms with Gasteiger partial charge in [0, 0.05) is 18.0 Å². The average molecular weight is 314 g/mol. The fraction of sp³-hybridized carbons (Fsp3) is 0.429. The molecule has 1 fully saturated rings. The van der Waals surface area contributed by atoms with Gasteiger partial charge in [-0.25, -0.2) is 8.42 Å². The van der Waals surface area contributed by atoms with Gasteiger partial charge in [0.1, 0.15) is 0 Å². The summed E-state index contributed by atoms with van der Waals surface area (Å²) < 4.78 is 25.7. The van der Waals surface area contributed by atoms with Crippen LogP contribution < -0.4 is 4.31 Å². The van der Waals surface area contributed by atoms with Gasteiger partial charge in [-0.15, -0.1) is 0 Å². The normalized spacial score (nSPS) is 17.4. The Morgan fingerprint density at radius 1 is 1.35 bits per heavy atom. The van der Waals surface area contributed by atoms with E-state index in [0.717, 1.165) is 6.42 Å². The maximum absolute atomic E-state index is 12.2. The maximum atomic E-state index is 12.2. The molecule has 0 spiro atoms. The molecule has 20 heavy (non-hydrogen) atoms. The minimum absolute atomic E-state index is 0.0229. The number of rotatable bonds is 2. The zero-order valence-corrected chi connectivity index (χ0v) is 12.5. The summed E-state index contributed by atoms with van der Waals surface area (Å²) >= 11 is 5.95. The minimum atomic E-state index is -3.27. The number of sulfonamides is 1. The van der Waals surface area contributed by atoms with Gasteiger partial charge in [-0.2, -0.15) is 0 Å². The molecule has 0 amide bonds. The van der Waals surface area contributed by atoms with Crippen molar-refractivity contribution in [2.45, 2.75) is 19.3 Å². The van der Waals surface area contributed by atoms with Crippen LogP contribution in [-0.4, -0.2) is 32.4 Å². The molecule has 0 aliphatic carbocycles. The molecule has 1 aliphatic rings. The van der Waals surface area contributed by atoms with Crippen LogP contribution in [0.25, 0.3) is 0 Å². The zero-order chi connectivity index (χ0) is 14.6. The third-order valence-corrected chi connectivity index (χ3v) is 5.13. The third-order valence-electron chi connectivity index (χ3n) is 3.04. The van der Waals surface area contributed by atoms with E-state index in [1.807, 2.05) is 0 Å². The van der Waals surface area contributed by atoms with Gasteiger partial charge in [-0.3, -0.25) is 4.31 Å². The smallest absolute Gasteiger partial charge is 0.235 e. The number of anilines is 1. The standard InChI is InChI=1S/C14H16ClNO3S/c15-13-6-7-14(12(11-13)5-1-3-9-17)16-8-2-4-10-20(16,18)19/h6-7,11,17H,2-4,8-10H2. The molecule has 1 heterocycles. The van der Waals surface area contributed by atoms with Gasteiger partial charge in [0.15, 0.2) is 0 Å². The first-order chi connectivity index (χ1) is 9.54. The molecule has 4 nitrogen and oxygen atoms in total. The second-order valence-corrected chi connectivity index (χ2v) is 6.98. The van der Waals surface area contributed by atoms with Crippen LogP contribution in [0.2, 0.25) is 5.02 Å². The van der Waals surface area contributed by atoms with Crippen molar-refractivity contribution in [1.29, 1.82) is 0 Å². The molecule has 1 aromatic carbocycles. The van der Waals surface area contributed by atoms with Gasteiger partial charge in [0.2, 0.25) is 10.0 Å². The Morgan fingerprint density at radius 3 is 2.85 bits per heavy atom. The van der Waals surface area contributed by atoms with Crippen LogP contribution in [0.5, 0.6) is 0 Å². The largest absolute Gasteiger partial charge is 0.395 e. The molecular formula is C14H16ClNO3S. The van der Waals surface area contributed by atoms with Crippen LogP contribution in [0.4, 0.5) is 5.69 Å². The topological polar surface area (TPSA) is 57.6 Å². The van der Waals surface area contributed by atoms with Crippen LogP contribution in [0.15, 0.2) is 18.2 Å². The van der Waals surface area contributed by atoms with Crippen LogP contribution in [0.3, 0.4) is 0 Å². The summed E-state index contributed by atoms with van der Waals surface area (Å²) in [6, 6.07) is 5.01. The molecule has 0 unspecified atom stereocenters. The lowest BCUT2D eigenvalue weighted by atomic mass is 10.1. The number of halogens is 1. The number of nitrogens with zero attached hydrogens (tertiary/aromatic N) is 1. The van der Waals surface area contributed by atoms with Gasteiger partial charge in [0.05, 0.1) is 23.6 Å². The van der Waals surface area contributed by atoms with E-state index in [-0.39, 0.29) is 12.4 Å². The fourth-order valence-corrected chi connectivity index (χ4v) is 3.93. The molecule has 1 N–H and O–H groups in total. The van der Waals surface area contributed by atoms with Gasteiger partial charge in [0.25, 0.3) is 0 Å². The van der Waals surface area contributed by atoms with E-state index < -0.39 is 10.0 Å². The highest BCUT2D eigenvalue weighted by atomic mass is 35.5. The SMILES string of the molecule is O=S1(=O)CCCCN1c1ccc(Cl)cc1C#CCCO. The highest BCUT2D eigenvalue weighted by molar-refractivity contribution is 7.92. The van der Waals surface area contributed by atoms with Gasteiger partial charge in [-0.05, 0) is 31.0 Å². The van der Waals surface area contributed by atoms with Gasteiger partial charge >= 0.3 is 0 Å². The molecule has 0 saturated carbocycles. The Morgan fingerprint density at radius 2 is 2.15 bits per heavy atom. The van der Waals surface area contributed by atoms with Crippen LogP contribution >= 0.6 is 11.6 Å². The zero-order valence-electron chi connectivity index (χ0n) is 11.0. The summed E-state index contributed by atoms with van der Waals surface area (Å²) in [5.74, 6) is 5.86. The summed E-state index contributed by atoms with van der Waals surface area (Å²) in [5.41, 5.74) is 1.15. The van der Waals surface area contributed by atoms with Crippen molar-refractivity contribution in [1.82, 2.24) is 0 Å². The van der Waals surface area contributed by atoms with Crippen molar-refractivity contribution in [2.24, 2.45) is 0 Å². The lowest BCUT2D eigenvalue weighted by Crippen LogP contribution is -2.38. The van der Waals surface area contributed by atoms with Crippen molar-refractivity contribution < 1.29 is 13.5 Å². The summed E-state index contributed by atoms with van der Waals surface area (Å²) in [7, 11) is -3.27. The second-order valence-electron chi connectivity index (χ2n) is 4.53. The lowest BCUT2D eigenvalue weighted by Gasteiger charge is -2.29. The van der Waals surface area contributed by atoms with E-state index in [4.69, 9.17) is 16.7 Å². The Hall–Kier alpha value is -1.22. The van der Waals surface area contributed by atoms with E-state index in [1.54, 1.807) is 18.2 Å². The first-order valence-electron chi connectivity index (χ1n) is 6.44. The van der Waals surface area contributed by atoms with Crippen LogP contribution in [-0.2, 0) is 10.0 Å². The molecule has 0 radical (unpaired) electrons. The van der Waals surface area contributed by atoms with E-state index in [1.165, 1.54) is 4.31 Å². The van der Waals surface area contributed by atoms with Crippen molar-refractivity contribution in [3.05, 3.63) is 28.8 Å². The Labute approximate surface area is 124 Å².